The quantitative estimate of drug-likeness (QED) is 0.234. The molecule has 8 nitrogen and oxygen atoms in total. The standard InChI is InChI=1S/C31H20FN7O/c32-23-11-5-4-9-21(23)22-10-6-12-25-27(22)37-30(36-25)29-28-26(38-39-29)14-13-24(35-28)19-15-20(17-33-16-19)34-31(40)18-7-2-1-3-8-18/h1-17H,(H,34,40)(H,36,37)(H,38,39). The molecule has 0 fully saturated rings. The highest BCUT2D eigenvalue weighted by molar-refractivity contribution is 6.04. The summed E-state index contributed by atoms with van der Waals surface area (Å²) < 4.78 is 14.6. The number of benzene rings is 3. The van der Waals surface area contributed by atoms with E-state index in [2.05, 4.69) is 25.5 Å². The van der Waals surface area contributed by atoms with E-state index < -0.39 is 0 Å². The van der Waals surface area contributed by atoms with E-state index in [0.717, 1.165) is 16.6 Å². The average Bonchev–Trinajstić information content (AvgIpc) is 3.62. The van der Waals surface area contributed by atoms with Crippen LogP contribution >= 0.6 is 0 Å². The summed E-state index contributed by atoms with van der Waals surface area (Å²) in [4.78, 5) is 29.9. The molecule has 3 aromatic carbocycles. The SMILES string of the molecule is O=C(Nc1cncc(-c2ccc3[nH]nc(-c4nc5c(-c6ccccc6F)cccc5[nH]4)c3n2)c1)c1ccccc1. The number of imidazole rings is 1. The first-order chi connectivity index (χ1) is 19.6. The maximum atomic E-state index is 14.6. The van der Waals surface area contributed by atoms with Crippen molar-refractivity contribution in [3.8, 4) is 33.9 Å². The zero-order valence-corrected chi connectivity index (χ0v) is 20.9. The number of halogens is 1. The molecule has 0 aliphatic heterocycles. The minimum atomic E-state index is -0.313. The maximum absolute atomic E-state index is 14.6. The van der Waals surface area contributed by atoms with Crippen LogP contribution in [0.4, 0.5) is 10.1 Å². The highest BCUT2D eigenvalue weighted by Crippen LogP contribution is 2.33. The molecule has 4 heterocycles. The number of pyridine rings is 2. The number of nitrogens with one attached hydrogen (secondary N) is 3. The number of amides is 1. The number of rotatable bonds is 5. The number of nitrogens with zero attached hydrogens (tertiary/aromatic N) is 4. The summed E-state index contributed by atoms with van der Waals surface area (Å²) in [5.74, 6) is -0.0247. The minimum absolute atomic E-state index is 0.222. The van der Waals surface area contributed by atoms with Crippen molar-refractivity contribution in [2.75, 3.05) is 5.32 Å². The third kappa shape index (κ3) is 4.15. The number of carbonyl (C=O) groups excluding carboxylic acids is 1. The Balaban J connectivity index is 1.26. The average molecular weight is 526 g/mol. The summed E-state index contributed by atoms with van der Waals surface area (Å²) in [6.45, 7) is 0. The summed E-state index contributed by atoms with van der Waals surface area (Å²) in [5, 5.41) is 10.4. The molecule has 40 heavy (non-hydrogen) atoms. The molecule has 0 saturated heterocycles. The van der Waals surface area contributed by atoms with Gasteiger partial charge in [0, 0.05) is 28.5 Å². The molecule has 1 amide bonds. The second-order valence-corrected chi connectivity index (χ2v) is 9.21. The summed E-state index contributed by atoms with van der Waals surface area (Å²) >= 11 is 0. The minimum Gasteiger partial charge on any atom is -0.336 e. The van der Waals surface area contributed by atoms with Gasteiger partial charge in [-0.05, 0) is 42.5 Å². The van der Waals surface area contributed by atoms with Gasteiger partial charge < -0.3 is 10.3 Å². The van der Waals surface area contributed by atoms with Crippen LogP contribution in [0, 0.1) is 5.82 Å². The molecule has 0 atom stereocenters. The Morgan fingerprint density at radius 2 is 1.60 bits per heavy atom. The highest BCUT2D eigenvalue weighted by Gasteiger charge is 2.18. The van der Waals surface area contributed by atoms with Gasteiger partial charge in [0.05, 0.1) is 34.1 Å². The number of fused-ring (bicyclic) bond motifs is 2. The third-order valence-electron chi connectivity index (χ3n) is 6.64. The number of para-hydroxylation sites is 1. The van der Waals surface area contributed by atoms with Gasteiger partial charge in [-0.15, -0.1) is 0 Å². The van der Waals surface area contributed by atoms with Crippen LogP contribution in [0.1, 0.15) is 10.4 Å². The summed E-state index contributed by atoms with van der Waals surface area (Å²) in [6, 6.07) is 26.8. The number of aromatic nitrogens is 6. The van der Waals surface area contributed by atoms with Crippen LogP contribution in [0.25, 0.3) is 56.0 Å². The molecule has 0 aliphatic carbocycles. The monoisotopic (exact) mass is 525 g/mol. The van der Waals surface area contributed by atoms with Crippen molar-refractivity contribution in [2.24, 2.45) is 0 Å². The fourth-order valence-electron chi connectivity index (χ4n) is 4.71. The lowest BCUT2D eigenvalue weighted by Gasteiger charge is -2.07. The molecule has 7 aromatic rings. The smallest absolute Gasteiger partial charge is 0.255 e. The van der Waals surface area contributed by atoms with Crippen molar-refractivity contribution in [2.45, 2.75) is 0 Å². The fourth-order valence-corrected chi connectivity index (χ4v) is 4.71. The number of hydrogen-bond donors (Lipinski definition) is 3. The number of hydrogen-bond acceptors (Lipinski definition) is 5. The third-order valence-corrected chi connectivity index (χ3v) is 6.64. The van der Waals surface area contributed by atoms with Crippen LogP contribution in [0.2, 0.25) is 0 Å². The van der Waals surface area contributed by atoms with Crippen molar-refractivity contribution in [3.63, 3.8) is 0 Å². The Kier molecular flexibility index (Phi) is 5.59. The van der Waals surface area contributed by atoms with Crippen LogP contribution in [-0.4, -0.2) is 36.0 Å². The Bertz CT molecular complexity index is 2030. The molecule has 0 saturated carbocycles. The molecule has 0 aliphatic rings. The summed E-state index contributed by atoms with van der Waals surface area (Å²) in [5.41, 5.74) is 6.94. The Labute approximate surface area is 227 Å². The van der Waals surface area contributed by atoms with Crippen LogP contribution < -0.4 is 5.32 Å². The van der Waals surface area contributed by atoms with Crippen molar-refractivity contribution in [1.82, 2.24) is 30.1 Å². The molecule has 7 rings (SSSR count). The van der Waals surface area contributed by atoms with Gasteiger partial charge in [-0.25, -0.2) is 14.4 Å². The van der Waals surface area contributed by atoms with Crippen LogP contribution in [0.3, 0.4) is 0 Å². The number of H-pyrrole nitrogens is 2. The van der Waals surface area contributed by atoms with E-state index in [0.29, 0.717) is 50.6 Å². The van der Waals surface area contributed by atoms with Gasteiger partial charge in [0.15, 0.2) is 11.5 Å². The molecule has 192 valence electrons. The van der Waals surface area contributed by atoms with Gasteiger partial charge in [0.25, 0.3) is 5.91 Å². The van der Waals surface area contributed by atoms with Gasteiger partial charge in [-0.1, -0.05) is 48.5 Å². The lowest BCUT2D eigenvalue weighted by molar-refractivity contribution is 0.102. The normalized spacial score (nSPS) is 11.2. The second kappa shape index (κ2) is 9.55. The van der Waals surface area contributed by atoms with E-state index >= 15 is 0 Å². The van der Waals surface area contributed by atoms with Gasteiger partial charge in [-0.2, -0.15) is 5.10 Å². The fraction of sp³-hybridized carbons (Fsp3) is 0. The van der Waals surface area contributed by atoms with E-state index in [1.807, 2.05) is 54.6 Å². The summed E-state index contributed by atoms with van der Waals surface area (Å²) in [6.07, 6.45) is 3.28. The van der Waals surface area contributed by atoms with Crippen LogP contribution in [0.5, 0.6) is 0 Å². The Morgan fingerprint density at radius 3 is 2.48 bits per heavy atom. The second-order valence-electron chi connectivity index (χ2n) is 9.21. The number of carbonyl (C=O) groups is 1. The topological polar surface area (TPSA) is 112 Å². The highest BCUT2D eigenvalue weighted by atomic mass is 19.1. The van der Waals surface area contributed by atoms with Gasteiger partial charge in [0.2, 0.25) is 0 Å². The van der Waals surface area contributed by atoms with Crippen molar-refractivity contribution in [3.05, 3.63) is 115 Å². The van der Waals surface area contributed by atoms with Crippen molar-refractivity contribution in [1.29, 1.82) is 0 Å². The Hall–Kier alpha value is -5.70. The van der Waals surface area contributed by atoms with Crippen molar-refractivity contribution < 1.29 is 9.18 Å². The molecule has 4 aromatic heterocycles. The zero-order chi connectivity index (χ0) is 27.1. The number of aromatic amines is 2. The molecule has 3 N–H and O–H groups in total. The predicted molar refractivity (Wildman–Crippen MR) is 152 cm³/mol. The van der Waals surface area contributed by atoms with Gasteiger partial charge in [-0.3, -0.25) is 14.9 Å². The molecule has 0 unspecified atom stereocenters. The van der Waals surface area contributed by atoms with E-state index in [1.54, 1.807) is 42.7 Å². The van der Waals surface area contributed by atoms with Crippen LogP contribution in [-0.2, 0) is 0 Å². The first-order valence-electron chi connectivity index (χ1n) is 12.5. The van der Waals surface area contributed by atoms with Gasteiger partial charge in [0.1, 0.15) is 11.3 Å². The lowest BCUT2D eigenvalue weighted by Crippen LogP contribution is -2.11. The van der Waals surface area contributed by atoms with E-state index in [9.17, 15) is 9.18 Å². The van der Waals surface area contributed by atoms with E-state index in [-0.39, 0.29) is 11.7 Å². The Morgan fingerprint density at radius 1 is 0.775 bits per heavy atom. The molecular weight excluding hydrogens is 505 g/mol. The first-order valence-corrected chi connectivity index (χ1v) is 12.5. The van der Waals surface area contributed by atoms with E-state index in [1.165, 1.54) is 6.07 Å². The largest absolute Gasteiger partial charge is 0.336 e. The lowest BCUT2D eigenvalue weighted by atomic mass is 10.0. The van der Waals surface area contributed by atoms with Crippen molar-refractivity contribution >= 4 is 33.7 Å². The molecule has 0 spiro atoms. The van der Waals surface area contributed by atoms with Crippen LogP contribution in [0.15, 0.2) is 103 Å². The zero-order valence-electron chi connectivity index (χ0n) is 20.9. The molecular formula is C31H20FN7O. The number of anilines is 1. The van der Waals surface area contributed by atoms with Gasteiger partial charge >= 0.3 is 0 Å². The molecule has 0 bridgehead atoms. The maximum Gasteiger partial charge on any atom is 0.255 e. The summed E-state index contributed by atoms with van der Waals surface area (Å²) in [7, 11) is 0. The first kappa shape index (κ1) is 23.4. The molecule has 0 radical (unpaired) electrons. The molecule has 9 heteroatoms. The van der Waals surface area contributed by atoms with E-state index in [4.69, 9.17) is 9.97 Å². The predicted octanol–water partition coefficient (Wildman–Crippen LogP) is 6.62.